The van der Waals surface area contributed by atoms with E-state index in [2.05, 4.69) is 9.35 Å². The molecule has 1 aromatic heterocycles. The summed E-state index contributed by atoms with van der Waals surface area (Å²) >= 11 is 0. The molecule has 1 aromatic rings. The fourth-order valence-corrected chi connectivity index (χ4v) is 2.23. The third-order valence-corrected chi connectivity index (χ3v) is 3.93. The van der Waals surface area contributed by atoms with Crippen LogP contribution in [0, 0.1) is 0 Å². The zero-order chi connectivity index (χ0) is 7.73. The average Bonchev–Trinajstić information content (AvgIpc) is 2.36. The van der Waals surface area contributed by atoms with E-state index in [1.165, 1.54) is 12.5 Å². The molecule has 1 aliphatic heterocycles. The van der Waals surface area contributed by atoms with E-state index in [0.717, 1.165) is 6.42 Å². The zero-order valence-corrected chi connectivity index (χ0v) is 6.71. The van der Waals surface area contributed by atoms with Crippen molar-refractivity contribution in [1.82, 2.24) is 4.98 Å². The van der Waals surface area contributed by atoms with Crippen LogP contribution in [0.4, 0.5) is 6.01 Å². The number of oxazole rings is 1. The van der Waals surface area contributed by atoms with E-state index < -0.39 is 9.73 Å². The van der Waals surface area contributed by atoms with E-state index in [9.17, 15) is 4.21 Å². The van der Waals surface area contributed by atoms with Gasteiger partial charge in [-0.1, -0.05) is 0 Å². The minimum absolute atomic E-state index is 0.245. The van der Waals surface area contributed by atoms with Gasteiger partial charge in [0.05, 0.1) is 15.9 Å². The molecule has 0 spiro atoms. The second-order valence-electron chi connectivity index (χ2n) is 2.44. The number of rotatable bonds is 1. The van der Waals surface area contributed by atoms with Crippen LogP contribution in [0.3, 0.4) is 0 Å². The Balaban J connectivity index is 2.34. The molecular weight excluding hydrogens is 164 g/mol. The van der Waals surface area contributed by atoms with E-state index >= 15 is 0 Å². The second kappa shape index (κ2) is 2.34. The average molecular weight is 172 g/mol. The number of hydrogen-bond donors (Lipinski definition) is 0. The Morgan fingerprint density at radius 3 is 2.91 bits per heavy atom. The molecule has 0 atom stereocenters. The Labute approximate surface area is 64.8 Å². The molecule has 1 saturated heterocycles. The highest BCUT2D eigenvalue weighted by Gasteiger charge is 2.19. The lowest BCUT2D eigenvalue weighted by molar-refractivity contribution is 0.568. The highest BCUT2D eigenvalue weighted by Crippen LogP contribution is 2.18. The normalized spacial score (nSPS) is 20.7. The zero-order valence-electron chi connectivity index (χ0n) is 5.90. The summed E-state index contributed by atoms with van der Waals surface area (Å²) in [6, 6.07) is 0.245. The standard InChI is InChI=1S/C6H8N2O2S/c9-11(4-1-5-11)8-6-7-2-3-10-6/h2-3H,1,4-5H2. The van der Waals surface area contributed by atoms with Gasteiger partial charge in [0.2, 0.25) is 0 Å². The molecule has 0 saturated carbocycles. The topological polar surface area (TPSA) is 55.5 Å². The van der Waals surface area contributed by atoms with E-state index in [1.807, 2.05) is 0 Å². The number of aromatic nitrogens is 1. The Kier molecular flexibility index (Phi) is 1.45. The lowest BCUT2D eigenvalue weighted by Gasteiger charge is -2.16. The van der Waals surface area contributed by atoms with Crippen LogP contribution in [-0.2, 0) is 9.73 Å². The Hall–Kier alpha value is -0.840. The Bertz CT molecular complexity index is 339. The van der Waals surface area contributed by atoms with E-state index in [1.54, 1.807) is 0 Å². The summed E-state index contributed by atoms with van der Waals surface area (Å²) in [4.78, 5) is 3.77. The second-order valence-corrected chi connectivity index (χ2v) is 4.98. The summed E-state index contributed by atoms with van der Waals surface area (Å²) in [6.07, 6.45) is 3.93. The van der Waals surface area contributed by atoms with Crippen molar-refractivity contribution in [2.75, 3.05) is 11.5 Å². The maximum atomic E-state index is 11.4. The minimum Gasteiger partial charge on any atom is -0.430 e. The number of nitrogens with zero attached hydrogens (tertiary/aromatic N) is 2. The molecule has 0 aromatic carbocycles. The molecule has 0 radical (unpaired) electrons. The molecule has 2 heterocycles. The van der Waals surface area contributed by atoms with Gasteiger partial charge < -0.3 is 4.42 Å². The van der Waals surface area contributed by atoms with E-state index in [-0.39, 0.29) is 6.01 Å². The van der Waals surface area contributed by atoms with Crippen molar-refractivity contribution in [2.45, 2.75) is 6.42 Å². The van der Waals surface area contributed by atoms with Crippen molar-refractivity contribution >= 4 is 15.7 Å². The van der Waals surface area contributed by atoms with Gasteiger partial charge in [-0.15, -0.1) is 4.36 Å². The first-order chi connectivity index (χ1) is 5.29. The van der Waals surface area contributed by atoms with Crippen molar-refractivity contribution in [3.05, 3.63) is 12.5 Å². The molecule has 60 valence electrons. The molecule has 11 heavy (non-hydrogen) atoms. The van der Waals surface area contributed by atoms with Crippen molar-refractivity contribution < 1.29 is 8.63 Å². The fourth-order valence-electron chi connectivity index (χ4n) is 0.886. The molecule has 1 aliphatic rings. The first-order valence-corrected chi connectivity index (χ1v) is 5.26. The maximum Gasteiger partial charge on any atom is 0.329 e. The molecule has 4 nitrogen and oxygen atoms in total. The van der Waals surface area contributed by atoms with Crippen molar-refractivity contribution in [3.8, 4) is 0 Å². The molecule has 0 unspecified atom stereocenters. The van der Waals surface area contributed by atoms with Crippen molar-refractivity contribution in [1.29, 1.82) is 0 Å². The quantitative estimate of drug-likeness (QED) is 0.639. The summed E-state index contributed by atoms with van der Waals surface area (Å²) < 4.78 is 20.2. The van der Waals surface area contributed by atoms with Crippen LogP contribution in [0.5, 0.6) is 0 Å². The highest BCUT2D eigenvalue weighted by atomic mass is 32.2. The van der Waals surface area contributed by atoms with Crippen molar-refractivity contribution in [3.63, 3.8) is 0 Å². The molecular formula is C6H8N2O2S. The van der Waals surface area contributed by atoms with Crippen LogP contribution >= 0.6 is 0 Å². The van der Waals surface area contributed by atoms with Gasteiger partial charge in [-0.25, -0.2) is 4.21 Å². The van der Waals surface area contributed by atoms with Gasteiger partial charge >= 0.3 is 6.01 Å². The summed E-state index contributed by atoms with van der Waals surface area (Å²) in [5.74, 6) is 1.38. The monoisotopic (exact) mass is 172 g/mol. The number of hydrogen-bond acceptors (Lipinski definition) is 4. The molecule has 2 rings (SSSR count). The fraction of sp³-hybridized carbons (Fsp3) is 0.500. The predicted molar refractivity (Wildman–Crippen MR) is 41.1 cm³/mol. The lowest BCUT2D eigenvalue weighted by Crippen LogP contribution is -2.22. The van der Waals surface area contributed by atoms with E-state index in [0.29, 0.717) is 11.5 Å². The summed E-state index contributed by atoms with van der Waals surface area (Å²) in [7, 11) is -1.94. The predicted octanol–water partition coefficient (Wildman–Crippen LogP) is 1.18. The van der Waals surface area contributed by atoms with E-state index in [4.69, 9.17) is 4.42 Å². The Morgan fingerprint density at radius 2 is 2.45 bits per heavy atom. The van der Waals surface area contributed by atoms with Crippen LogP contribution in [-0.4, -0.2) is 20.7 Å². The molecule has 5 heteroatoms. The molecule has 1 fully saturated rings. The van der Waals surface area contributed by atoms with Gasteiger partial charge in [-0.3, -0.25) is 0 Å². The van der Waals surface area contributed by atoms with Gasteiger partial charge in [0.15, 0.2) is 0 Å². The van der Waals surface area contributed by atoms with Crippen LogP contribution in [0.1, 0.15) is 6.42 Å². The molecule has 0 bridgehead atoms. The largest absolute Gasteiger partial charge is 0.430 e. The summed E-state index contributed by atoms with van der Waals surface area (Å²) in [5.41, 5.74) is 0. The van der Waals surface area contributed by atoms with Crippen LogP contribution in [0.15, 0.2) is 21.2 Å². The Morgan fingerprint density at radius 1 is 1.64 bits per heavy atom. The summed E-state index contributed by atoms with van der Waals surface area (Å²) in [6.45, 7) is 0. The summed E-state index contributed by atoms with van der Waals surface area (Å²) in [5, 5.41) is 0. The SMILES string of the molecule is O=S1(=Nc2ncco2)CCC1. The first kappa shape index (κ1) is 6.84. The van der Waals surface area contributed by atoms with Crippen LogP contribution in [0.2, 0.25) is 0 Å². The smallest absolute Gasteiger partial charge is 0.329 e. The van der Waals surface area contributed by atoms with Crippen molar-refractivity contribution in [2.24, 2.45) is 4.36 Å². The van der Waals surface area contributed by atoms with Gasteiger partial charge in [0.1, 0.15) is 6.26 Å². The van der Waals surface area contributed by atoms with Crippen LogP contribution in [0.25, 0.3) is 0 Å². The third kappa shape index (κ3) is 1.28. The minimum atomic E-state index is -1.94. The van der Waals surface area contributed by atoms with Gasteiger partial charge in [0, 0.05) is 11.5 Å². The first-order valence-electron chi connectivity index (χ1n) is 3.41. The third-order valence-electron chi connectivity index (χ3n) is 1.59. The van der Waals surface area contributed by atoms with Gasteiger partial charge in [0.25, 0.3) is 0 Å². The van der Waals surface area contributed by atoms with Crippen LogP contribution < -0.4 is 0 Å². The lowest BCUT2D eigenvalue weighted by atomic mass is 10.5. The molecule has 0 amide bonds. The molecule has 0 aliphatic carbocycles. The maximum absolute atomic E-state index is 11.4. The van der Waals surface area contributed by atoms with Gasteiger partial charge in [-0.05, 0) is 6.42 Å². The highest BCUT2D eigenvalue weighted by molar-refractivity contribution is 7.95. The van der Waals surface area contributed by atoms with Gasteiger partial charge in [-0.2, -0.15) is 4.98 Å². The molecule has 0 N–H and O–H groups in total.